The van der Waals surface area contributed by atoms with Gasteiger partial charge in [-0.05, 0) is 34.1 Å². The van der Waals surface area contributed by atoms with Crippen molar-refractivity contribution in [2.45, 2.75) is 34.1 Å². The van der Waals surface area contributed by atoms with Gasteiger partial charge in [0.1, 0.15) is 0 Å². The zero-order valence-corrected chi connectivity index (χ0v) is 8.02. The van der Waals surface area contributed by atoms with Crippen molar-refractivity contribution in [3.63, 3.8) is 0 Å². The normalized spacial score (nSPS) is 14.5. The molecule has 11 heavy (non-hydrogen) atoms. The van der Waals surface area contributed by atoms with E-state index in [0.717, 1.165) is 6.42 Å². The number of hydrogen-bond acceptors (Lipinski definition) is 0. The molecule has 0 nitrogen and oxygen atoms in total. The summed E-state index contributed by atoms with van der Waals surface area (Å²) in [5.41, 5.74) is 2.76. The fourth-order valence-corrected chi connectivity index (χ4v) is 0.835. The molecule has 0 aromatic carbocycles. The van der Waals surface area contributed by atoms with Crippen LogP contribution in [0, 0.1) is 0 Å². The lowest BCUT2D eigenvalue weighted by atomic mass is 10.1. The Hall–Kier alpha value is -0.780. The maximum absolute atomic E-state index is 2.22. The maximum atomic E-state index is 2.22. The van der Waals surface area contributed by atoms with E-state index in [-0.39, 0.29) is 0 Å². The number of rotatable bonds is 3. The van der Waals surface area contributed by atoms with Crippen molar-refractivity contribution in [1.82, 2.24) is 0 Å². The van der Waals surface area contributed by atoms with Gasteiger partial charge in [-0.3, -0.25) is 0 Å². The highest BCUT2D eigenvalue weighted by atomic mass is 13.9. The standard InChI is InChI=1S/C11H18/c1-5-7-8-11(4)9-10(3)6-2/h5-7,9H,8H2,1-4H3/b7-5-,10-6-,11-9-. The van der Waals surface area contributed by atoms with E-state index in [1.807, 2.05) is 0 Å². The predicted molar refractivity (Wildman–Crippen MR) is 52.6 cm³/mol. The van der Waals surface area contributed by atoms with Crippen molar-refractivity contribution in [2.75, 3.05) is 0 Å². The molecule has 0 fully saturated rings. The van der Waals surface area contributed by atoms with Crippen molar-refractivity contribution < 1.29 is 0 Å². The summed E-state index contributed by atoms with van der Waals surface area (Å²) in [6.45, 7) is 8.40. The first kappa shape index (κ1) is 10.2. The largest absolute Gasteiger partial charge is 0.0913 e. The van der Waals surface area contributed by atoms with Crippen LogP contribution >= 0.6 is 0 Å². The van der Waals surface area contributed by atoms with Crippen molar-refractivity contribution in [1.29, 1.82) is 0 Å². The third kappa shape index (κ3) is 5.65. The molecule has 0 aliphatic rings. The summed E-state index contributed by atoms with van der Waals surface area (Å²) in [4.78, 5) is 0. The van der Waals surface area contributed by atoms with Gasteiger partial charge in [0.2, 0.25) is 0 Å². The molecule has 0 N–H and O–H groups in total. The van der Waals surface area contributed by atoms with Crippen molar-refractivity contribution in [3.05, 3.63) is 35.5 Å². The number of hydrogen-bond donors (Lipinski definition) is 0. The molecule has 0 aliphatic carbocycles. The van der Waals surface area contributed by atoms with Crippen LogP contribution in [0.15, 0.2) is 35.5 Å². The fourth-order valence-electron chi connectivity index (χ4n) is 0.835. The zero-order valence-electron chi connectivity index (χ0n) is 8.02. The molecule has 62 valence electrons. The second-order valence-electron chi connectivity index (χ2n) is 2.80. The summed E-state index contributed by atoms with van der Waals surface area (Å²) in [5.74, 6) is 0. The molecule has 0 aromatic rings. The summed E-state index contributed by atoms with van der Waals surface area (Å²) in [6.07, 6.45) is 9.68. The monoisotopic (exact) mass is 150 g/mol. The second kappa shape index (κ2) is 5.96. The van der Waals surface area contributed by atoms with E-state index in [4.69, 9.17) is 0 Å². The van der Waals surface area contributed by atoms with Crippen LogP contribution in [-0.4, -0.2) is 0 Å². The van der Waals surface area contributed by atoms with E-state index in [9.17, 15) is 0 Å². The molecule has 0 amide bonds. The molecule has 0 spiro atoms. The van der Waals surface area contributed by atoms with Crippen LogP contribution in [0.3, 0.4) is 0 Å². The van der Waals surface area contributed by atoms with E-state index in [2.05, 4.69) is 52.0 Å². The highest BCUT2D eigenvalue weighted by Gasteiger charge is 1.84. The summed E-state index contributed by atoms with van der Waals surface area (Å²) in [6, 6.07) is 0. The van der Waals surface area contributed by atoms with Crippen molar-refractivity contribution in [3.8, 4) is 0 Å². The van der Waals surface area contributed by atoms with Gasteiger partial charge >= 0.3 is 0 Å². The van der Waals surface area contributed by atoms with Crippen LogP contribution < -0.4 is 0 Å². The topological polar surface area (TPSA) is 0 Å². The summed E-state index contributed by atoms with van der Waals surface area (Å²) in [5, 5.41) is 0. The van der Waals surface area contributed by atoms with Crippen LogP contribution in [0.25, 0.3) is 0 Å². The van der Waals surface area contributed by atoms with Crippen LogP contribution in [0.5, 0.6) is 0 Å². The minimum absolute atomic E-state index is 1.07. The predicted octanol–water partition coefficient (Wildman–Crippen LogP) is 3.87. The minimum Gasteiger partial charge on any atom is -0.0913 e. The first-order valence-corrected chi connectivity index (χ1v) is 4.12. The first-order valence-electron chi connectivity index (χ1n) is 4.12. The van der Waals surface area contributed by atoms with Crippen LogP contribution in [-0.2, 0) is 0 Å². The molecule has 0 atom stereocenters. The minimum atomic E-state index is 1.07. The van der Waals surface area contributed by atoms with Gasteiger partial charge in [0, 0.05) is 0 Å². The zero-order chi connectivity index (χ0) is 8.69. The summed E-state index contributed by atoms with van der Waals surface area (Å²) >= 11 is 0. The Morgan fingerprint density at radius 1 is 1.18 bits per heavy atom. The lowest BCUT2D eigenvalue weighted by molar-refractivity contribution is 1.19. The fraction of sp³-hybridized carbons (Fsp3) is 0.455. The molecule has 0 saturated carbocycles. The first-order chi connectivity index (χ1) is 5.20. The molecule has 0 aliphatic heterocycles. The quantitative estimate of drug-likeness (QED) is 0.423. The van der Waals surface area contributed by atoms with E-state index in [1.54, 1.807) is 0 Å². The van der Waals surface area contributed by atoms with Crippen molar-refractivity contribution >= 4 is 0 Å². The average molecular weight is 150 g/mol. The SMILES string of the molecule is C/C=C\C/C(C)=C\C(C)=C/C. The van der Waals surface area contributed by atoms with E-state index >= 15 is 0 Å². The van der Waals surface area contributed by atoms with Crippen molar-refractivity contribution in [2.24, 2.45) is 0 Å². The molecule has 0 heterocycles. The Bertz CT molecular complexity index is 180. The lowest BCUT2D eigenvalue weighted by Gasteiger charge is -1.95. The Kier molecular flexibility index (Phi) is 5.54. The molecule has 0 saturated heterocycles. The van der Waals surface area contributed by atoms with Gasteiger partial charge in [0.05, 0.1) is 0 Å². The average Bonchev–Trinajstić information content (AvgIpc) is 2.00. The second-order valence-corrected chi connectivity index (χ2v) is 2.80. The smallest absolute Gasteiger partial charge is 0.0138 e. The Morgan fingerprint density at radius 2 is 1.82 bits per heavy atom. The summed E-state index contributed by atoms with van der Waals surface area (Å²) < 4.78 is 0. The number of allylic oxidation sites excluding steroid dienone is 6. The van der Waals surface area contributed by atoms with Gasteiger partial charge in [-0.15, -0.1) is 0 Å². The highest BCUT2D eigenvalue weighted by molar-refractivity contribution is 5.21. The molecule has 0 rings (SSSR count). The third-order valence-electron chi connectivity index (χ3n) is 1.60. The van der Waals surface area contributed by atoms with Gasteiger partial charge in [0.25, 0.3) is 0 Å². The summed E-state index contributed by atoms with van der Waals surface area (Å²) in [7, 11) is 0. The third-order valence-corrected chi connectivity index (χ3v) is 1.60. The molecule has 0 heteroatoms. The van der Waals surface area contributed by atoms with Gasteiger partial charge in [-0.25, -0.2) is 0 Å². The molecular formula is C11H18. The molecule has 0 unspecified atom stereocenters. The Labute approximate surface area is 70.3 Å². The van der Waals surface area contributed by atoms with E-state index in [1.165, 1.54) is 11.1 Å². The van der Waals surface area contributed by atoms with Crippen LogP contribution in [0.2, 0.25) is 0 Å². The lowest BCUT2D eigenvalue weighted by Crippen LogP contribution is -1.74. The van der Waals surface area contributed by atoms with Gasteiger partial charge < -0.3 is 0 Å². The molecule has 0 bridgehead atoms. The molecular weight excluding hydrogens is 132 g/mol. The Morgan fingerprint density at radius 3 is 2.27 bits per heavy atom. The molecule has 0 radical (unpaired) electrons. The van der Waals surface area contributed by atoms with Gasteiger partial charge in [-0.2, -0.15) is 0 Å². The Balaban J connectivity index is 4.00. The van der Waals surface area contributed by atoms with E-state index in [0.29, 0.717) is 0 Å². The van der Waals surface area contributed by atoms with Gasteiger partial charge in [0.15, 0.2) is 0 Å². The maximum Gasteiger partial charge on any atom is -0.0138 e. The van der Waals surface area contributed by atoms with Crippen LogP contribution in [0.4, 0.5) is 0 Å². The van der Waals surface area contributed by atoms with Gasteiger partial charge in [-0.1, -0.05) is 35.5 Å². The van der Waals surface area contributed by atoms with E-state index < -0.39 is 0 Å². The highest BCUT2D eigenvalue weighted by Crippen LogP contribution is 2.05. The van der Waals surface area contributed by atoms with Crippen LogP contribution in [0.1, 0.15) is 34.1 Å². The molecule has 0 aromatic heterocycles.